The summed E-state index contributed by atoms with van der Waals surface area (Å²) < 4.78 is 31.3. The molecule has 1 saturated heterocycles. The van der Waals surface area contributed by atoms with Gasteiger partial charge >= 0.3 is 5.97 Å². The Hall–Kier alpha value is -2.46. The third-order valence-corrected chi connectivity index (χ3v) is 4.32. The van der Waals surface area contributed by atoms with Gasteiger partial charge in [-0.1, -0.05) is 27.7 Å². The molecule has 192 valence electrons. The lowest BCUT2D eigenvalue weighted by Crippen LogP contribution is -2.31. The molecule has 33 heavy (non-hydrogen) atoms. The molecule has 1 aromatic rings. The van der Waals surface area contributed by atoms with Crippen molar-refractivity contribution in [2.45, 2.75) is 67.2 Å². The predicted octanol–water partition coefficient (Wildman–Crippen LogP) is 4.06. The number of halogens is 2. The van der Waals surface area contributed by atoms with E-state index in [1.807, 2.05) is 32.6 Å². The van der Waals surface area contributed by atoms with E-state index in [2.05, 4.69) is 9.72 Å². The Morgan fingerprint density at radius 1 is 1.21 bits per heavy atom. The number of hydrogen-bond donors (Lipinski definition) is 3. The van der Waals surface area contributed by atoms with E-state index in [-0.39, 0.29) is 28.8 Å². The molecule has 8 nitrogen and oxygen atoms in total. The quantitative estimate of drug-likeness (QED) is 0.320. The van der Waals surface area contributed by atoms with Crippen molar-refractivity contribution in [2.75, 3.05) is 38.3 Å². The van der Waals surface area contributed by atoms with E-state index in [0.717, 1.165) is 37.4 Å². The van der Waals surface area contributed by atoms with Gasteiger partial charge < -0.3 is 25.5 Å². The summed E-state index contributed by atoms with van der Waals surface area (Å²) in [6.07, 6.45) is 0.385. The third kappa shape index (κ3) is 11.8. The van der Waals surface area contributed by atoms with Crippen molar-refractivity contribution in [1.82, 2.24) is 9.99 Å². The van der Waals surface area contributed by atoms with E-state index in [9.17, 15) is 18.7 Å². The van der Waals surface area contributed by atoms with E-state index in [0.29, 0.717) is 12.3 Å². The molecule has 1 aliphatic heterocycles. The van der Waals surface area contributed by atoms with E-state index in [1.54, 1.807) is 19.1 Å². The number of hydrogen-bond acceptors (Lipinski definition) is 8. The average molecular weight is 476 g/mol. The number of nitrogens with zero attached hydrogens (tertiary/aromatic N) is 3. The molecule has 1 fully saturated rings. The van der Waals surface area contributed by atoms with Gasteiger partial charge in [0.2, 0.25) is 0 Å². The zero-order chi connectivity index (χ0) is 26.0. The number of esters is 1. The monoisotopic (exact) mass is 475 g/mol. The lowest BCUT2D eigenvalue weighted by atomic mass is 10.1. The number of nitrogens with two attached hydrogens (primary N) is 2. The summed E-state index contributed by atoms with van der Waals surface area (Å²) in [4.78, 5) is 15.8. The largest absolute Gasteiger partial charge is 0.466 e. The lowest BCUT2D eigenvalue weighted by Gasteiger charge is -2.30. The molecule has 0 saturated carbocycles. The van der Waals surface area contributed by atoms with Gasteiger partial charge in [0.1, 0.15) is 5.69 Å². The molecule has 2 heterocycles. The molecular formula is C23H43F2N5O3. The van der Waals surface area contributed by atoms with Crippen LogP contribution >= 0.6 is 0 Å². The second kappa shape index (κ2) is 19.0. The normalized spacial score (nSPS) is 13.3. The second-order valence-corrected chi connectivity index (χ2v) is 6.50. The molecule has 0 unspecified atom stereocenters. The molecule has 0 bridgehead atoms. The number of aliphatic hydroxyl groups is 1. The Bertz CT molecular complexity index is 695. The Kier molecular flexibility index (Phi) is 18.9. The van der Waals surface area contributed by atoms with Crippen LogP contribution < -0.4 is 16.5 Å². The predicted molar refractivity (Wildman–Crippen MR) is 130 cm³/mol. The van der Waals surface area contributed by atoms with Gasteiger partial charge in [-0.05, 0) is 38.3 Å². The third-order valence-electron chi connectivity index (χ3n) is 4.32. The van der Waals surface area contributed by atoms with E-state index >= 15 is 0 Å². The lowest BCUT2D eigenvalue weighted by molar-refractivity contribution is -0.140. The average Bonchev–Trinajstić information content (AvgIpc) is 2.82. The van der Waals surface area contributed by atoms with E-state index in [4.69, 9.17) is 11.6 Å². The van der Waals surface area contributed by atoms with Gasteiger partial charge in [0.25, 0.3) is 6.43 Å². The first-order valence-electron chi connectivity index (χ1n) is 11.5. The molecule has 0 aliphatic carbocycles. The minimum absolute atomic E-state index is 0.0876. The number of piperidine rings is 1. The van der Waals surface area contributed by atoms with Crippen LogP contribution in [0.5, 0.6) is 0 Å². The summed E-state index contributed by atoms with van der Waals surface area (Å²) in [5, 5.41) is 10.5. The fraction of sp³-hybridized carbons (Fsp3) is 0.652. The van der Waals surface area contributed by atoms with Crippen molar-refractivity contribution in [1.29, 1.82) is 0 Å². The summed E-state index contributed by atoms with van der Waals surface area (Å²) in [5.74, 6) is 5.37. The van der Waals surface area contributed by atoms with Crippen LogP contribution in [0.4, 0.5) is 14.5 Å². The Morgan fingerprint density at radius 2 is 1.76 bits per heavy atom. The minimum Gasteiger partial charge on any atom is -0.466 e. The Balaban J connectivity index is 0. The highest BCUT2D eigenvalue weighted by Crippen LogP contribution is 2.31. The summed E-state index contributed by atoms with van der Waals surface area (Å²) in [6.45, 7) is 12.7. The smallest absolute Gasteiger partial charge is 0.302 e. The van der Waals surface area contributed by atoms with Crippen LogP contribution in [0, 0.1) is 0 Å². The van der Waals surface area contributed by atoms with Crippen molar-refractivity contribution >= 4 is 17.4 Å². The first-order valence-corrected chi connectivity index (χ1v) is 11.5. The highest BCUT2D eigenvalue weighted by Gasteiger charge is 2.22. The van der Waals surface area contributed by atoms with Crippen LogP contribution in [-0.4, -0.2) is 54.4 Å². The summed E-state index contributed by atoms with van der Waals surface area (Å²) in [5.41, 5.74) is 6.58. The van der Waals surface area contributed by atoms with Crippen molar-refractivity contribution in [3.63, 3.8) is 0 Å². The van der Waals surface area contributed by atoms with Crippen LogP contribution in [0.1, 0.15) is 78.6 Å². The van der Waals surface area contributed by atoms with Crippen LogP contribution in [0.3, 0.4) is 0 Å². The number of anilines is 1. The van der Waals surface area contributed by atoms with Crippen molar-refractivity contribution < 1.29 is 23.4 Å². The molecule has 1 aliphatic rings. The highest BCUT2D eigenvalue weighted by molar-refractivity contribution is 5.66. The standard InChI is InChI=1S/C15H23F2N5O.C4H8O2.2C2H6/c1-21(19)12(9-23)13(18)10-5-6-11(14(20-10)15(16)17)22-7-3-2-4-8-22;1-3-6-4(2)5;2*1-2/h5-6,15,23H,2-4,7-9,18-19H2,1H3;3H2,1-2H3;2*1-2H3/b13-12-;;;. The molecule has 1 aromatic heterocycles. The summed E-state index contributed by atoms with van der Waals surface area (Å²) in [6, 6.07) is 3.21. The van der Waals surface area contributed by atoms with Gasteiger partial charge in [-0.2, -0.15) is 0 Å². The SMILES string of the molecule is CC.CC.CCOC(C)=O.CN(N)/C(CO)=C(\N)c1ccc(N2CCCCC2)c(C(F)F)n1. The number of carbonyl (C=O) groups excluding carboxylic acids is 1. The zero-order valence-electron chi connectivity index (χ0n) is 21.2. The Labute approximate surface area is 197 Å². The van der Waals surface area contributed by atoms with Crippen LogP contribution in [0.25, 0.3) is 5.70 Å². The molecule has 0 radical (unpaired) electrons. The molecule has 0 amide bonds. The number of likely N-dealkylation sites (N-methyl/N-ethyl adjacent to an activating group) is 1. The highest BCUT2D eigenvalue weighted by atomic mass is 19.3. The van der Waals surface area contributed by atoms with Crippen molar-refractivity contribution in [2.24, 2.45) is 11.6 Å². The van der Waals surface area contributed by atoms with Gasteiger partial charge in [0.15, 0.2) is 0 Å². The number of hydrazine groups is 1. The minimum atomic E-state index is -2.70. The van der Waals surface area contributed by atoms with Gasteiger partial charge in [-0.3, -0.25) is 4.79 Å². The Morgan fingerprint density at radius 3 is 2.12 bits per heavy atom. The zero-order valence-corrected chi connectivity index (χ0v) is 21.2. The van der Waals surface area contributed by atoms with Crippen LogP contribution in [0.2, 0.25) is 0 Å². The number of rotatable bonds is 6. The van der Waals surface area contributed by atoms with E-state index < -0.39 is 13.0 Å². The van der Waals surface area contributed by atoms with Gasteiger partial charge in [-0.15, -0.1) is 0 Å². The topological polar surface area (TPSA) is 118 Å². The maximum Gasteiger partial charge on any atom is 0.302 e. The molecule has 5 N–H and O–H groups in total. The maximum absolute atomic E-state index is 13.4. The van der Waals surface area contributed by atoms with Gasteiger partial charge in [0.05, 0.1) is 36.0 Å². The van der Waals surface area contributed by atoms with Gasteiger partial charge in [-0.25, -0.2) is 19.6 Å². The fourth-order valence-electron chi connectivity index (χ4n) is 2.92. The van der Waals surface area contributed by atoms with Crippen LogP contribution in [0.15, 0.2) is 17.8 Å². The first kappa shape index (κ1) is 32.7. The van der Waals surface area contributed by atoms with Crippen molar-refractivity contribution in [3.05, 3.63) is 29.2 Å². The number of ether oxygens (including phenoxy) is 1. The number of aromatic nitrogens is 1. The number of carbonyl (C=O) groups is 1. The molecule has 0 spiro atoms. The van der Waals surface area contributed by atoms with Crippen LogP contribution in [-0.2, 0) is 9.53 Å². The van der Waals surface area contributed by atoms with Gasteiger partial charge in [0, 0.05) is 27.1 Å². The fourth-order valence-corrected chi connectivity index (χ4v) is 2.92. The summed E-state index contributed by atoms with van der Waals surface area (Å²) >= 11 is 0. The number of pyridine rings is 1. The van der Waals surface area contributed by atoms with E-state index in [1.165, 1.54) is 14.0 Å². The molecule has 0 aromatic carbocycles. The molecule has 2 rings (SSSR count). The number of aliphatic hydroxyl groups excluding tert-OH is 1. The maximum atomic E-state index is 13.4. The molecular weight excluding hydrogens is 432 g/mol. The second-order valence-electron chi connectivity index (χ2n) is 6.50. The molecule has 0 atom stereocenters. The first-order chi connectivity index (χ1) is 15.7. The number of alkyl halides is 2. The van der Waals surface area contributed by atoms with Crippen molar-refractivity contribution in [3.8, 4) is 0 Å². The molecule has 10 heteroatoms. The summed E-state index contributed by atoms with van der Waals surface area (Å²) in [7, 11) is 1.51.